The highest BCUT2D eigenvalue weighted by atomic mass is 79.9. The zero-order valence-electron chi connectivity index (χ0n) is 13.1. The van der Waals surface area contributed by atoms with E-state index in [1.807, 2.05) is 10.9 Å². The Balaban J connectivity index is 2.34. The predicted molar refractivity (Wildman–Crippen MR) is 91.5 cm³/mol. The van der Waals surface area contributed by atoms with Gasteiger partial charge in [-0.3, -0.25) is 4.68 Å². The molecule has 21 heavy (non-hydrogen) atoms. The van der Waals surface area contributed by atoms with Gasteiger partial charge in [0.25, 0.3) is 0 Å². The molecule has 0 fully saturated rings. The van der Waals surface area contributed by atoms with E-state index >= 15 is 0 Å². The Hall–Kier alpha value is -1.13. The standard InChI is InChI=1S/C17H24BrN3/c1-4-8-19-17(14-11-20-21(12-14)9-5-2)15-10-13(3)6-7-16(15)18/h6-7,10-12,17,19H,4-5,8-9H2,1-3H3. The number of hydrogen-bond acceptors (Lipinski definition) is 2. The van der Waals surface area contributed by atoms with E-state index < -0.39 is 0 Å². The molecule has 0 aliphatic heterocycles. The summed E-state index contributed by atoms with van der Waals surface area (Å²) in [5.41, 5.74) is 3.78. The fraction of sp³-hybridized carbons (Fsp3) is 0.471. The molecule has 114 valence electrons. The zero-order chi connectivity index (χ0) is 15.2. The first-order valence-corrected chi connectivity index (χ1v) is 8.46. The van der Waals surface area contributed by atoms with E-state index in [2.05, 4.69) is 71.5 Å². The average molecular weight is 350 g/mol. The van der Waals surface area contributed by atoms with Gasteiger partial charge < -0.3 is 5.32 Å². The Morgan fingerprint density at radius 2 is 2.10 bits per heavy atom. The monoisotopic (exact) mass is 349 g/mol. The minimum atomic E-state index is 0.185. The normalized spacial score (nSPS) is 12.6. The highest BCUT2D eigenvalue weighted by molar-refractivity contribution is 9.10. The average Bonchev–Trinajstić information content (AvgIpc) is 2.92. The molecule has 0 aliphatic carbocycles. The van der Waals surface area contributed by atoms with Crippen LogP contribution in [0.2, 0.25) is 0 Å². The van der Waals surface area contributed by atoms with E-state index in [9.17, 15) is 0 Å². The van der Waals surface area contributed by atoms with Gasteiger partial charge in [0.1, 0.15) is 0 Å². The molecule has 0 amide bonds. The molecule has 0 spiro atoms. The van der Waals surface area contributed by atoms with Crippen molar-refractivity contribution < 1.29 is 0 Å². The van der Waals surface area contributed by atoms with E-state index in [0.29, 0.717) is 0 Å². The number of hydrogen-bond donors (Lipinski definition) is 1. The quantitative estimate of drug-likeness (QED) is 0.799. The molecule has 0 bridgehead atoms. The Morgan fingerprint density at radius 1 is 1.29 bits per heavy atom. The third-order valence-corrected chi connectivity index (χ3v) is 4.22. The predicted octanol–water partition coefficient (Wildman–Crippen LogP) is 4.45. The number of aryl methyl sites for hydroxylation is 2. The van der Waals surface area contributed by atoms with Gasteiger partial charge >= 0.3 is 0 Å². The summed E-state index contributed by atoms with van der Waals surface area (Å²) in [5, 5.41) is 8.12. The van der Waals surface area contributed by atoms with E-state index in [4.69, 9.17) is 0 Å². The van der Waals surface area contributed by atoms with E-state index in [0.717, 1.165) is 30.4 Å². The first-order chi connectivity index (χ1) is 10.2. The van der Waals surface area contributed by atoms with Crippen molar-refractivity contribution >= 4 is 15.9 Å². The Kier molecular flexibility index (Phi) is 6.00. The van der Waals surface area contributed by atoms with Crippen LogP contribution in [-0.2, 0) is 6.54 Å². The Bertz CT molecular complexity index is 577. The number of nitrogens with zero attached hydrogens (tertiary/aromatic N) is 2. The fourth-order valence-corrected chi connectivity index (χ4v) is 2.94. The maximum Gasteiger partial charge on any atom is 0.0619 e. The van der Waals surface area contributed by atoms with Crippen molar-refractivity contribution in [3.63, 3.8) is 0 Å². The molecule has 4 heteroatoms. The van der Waals surface area contributed by atoms with Crippen LogP contribution in [0.3, 0.4) is 0 Å². The van der Waals surface area contributed by atoms with Crippen molar-refractivity contribution in [2.45, 2.75) is 46.2 Å². The smallest absolute Gasteiger partial charge is 0.0619 e. The molecule has 1 unspecified atom stereocenters. The van der Waals surface area contributed by atoms with Gasteiger partial charge in [-0.1, -0.05) is 47.5 Å². The molecule has 1 heterocycles. The fourth-order valence-electron chi connectivity index (χ4n) is 2.46. The molecule has 1 atom stereocenters. The molecule has 1 aromatic carbocycles. The van der Waals surface area contributed by atoms with Gasteiger partial charge in [-0.05, 0) is 37.9 Å². The summed E-state index contributed by atoms with van der Waals surface area (Å²) in [5.74, 6) is 0. The summed E-state index contributed by atoms with van der Waals surface area (Å²) in [4.78, 5) is 0. The van der Waals surface area contributed by atoms with Gasteiger partial charge in [-0.2, -0.15) is 5.10 Å². The summed E-state index contributed by atoms with van der Waals surface area (Å²) in [6.07, 6.45) is 6.36. The minimum Gasteiger partial charge on any atom is -0.306 e. The van der Waals surface area contributed by atoms with Crippen LogP contribution in [-0.4, -0.2) is 16.3 Å². The van der Waals surface area contributed by atoms with Crippen LogP contribution >= 0.6 is 15.9 Å². The Morgan fingerprint density at radius 3 is 2.81 bits per heavy atom. The summed E-state index contributed by atoms with van der Waals surface area (Å²) in [6, 6.07) is 6.69. The highest BCUT2D eigenvalue weighted by Gasteiger charge is 2.18. The highest BCUT2D eigenvalue weighted by Crippen LogP contribution is 2.29. The van der Waals surface area contributed by atoms with Crippen LogP contribution < -0.4 is 5.32 Å². The zero-order valence-corrected chi connectivity index (χ0v) is 14.7. The van der Waals surface area contributed by atoms with Crippen molar-refractivity contribution in [3.8, 4) is 0 Å². The van der Waals surface area contributed by atoms with Crippen LogP contribution in [0.15, 0.2) is 35.1 Å². The molecule has 1 aromatic heterocycles. The van der Waals surface area contributed by atoms with Gasteiger partial charge in [0.15, 0.2) is 0 Å². The Labute approximate surface area is 135 Å². The first kappa shape index (κ1) is 16.2. The molecule has 2 aromatic rings. The number of rotatable bonds is 7. The lowest BCUT2D eigenvalue weighted by atomic mass is 9.99. The number of nitrogens with one attached hydrogen (secondary N) is 1. The first-order valence-electron chi connectivity index (χ1n) is 7.67. The van der Waals surface area contributed by atoms with Gasteiger partial charge in [-0.15, -0.1) is 0 Å². The number of halogens is 1. The van der Waals surface area contributed by atoms with Crippen LogP contribution in [0, 0.1) is 6.92 Å². The third kappa shape index (κ3) is 4.17. The van der Waals surface area contributed by atoms with Crippen molar-refractivity contribution in [2.75, 3.05) is 6.54 Å². The maximum absolute atomic E-state index is 4.47. The summed E-state index contributed by atoms with van der Waals surface area (Å²) >= 11 is 3.69. The molecule has 3 nitrogen and oxygen atoms in total. The van der Waals surface area contributed by atoms with E-state index in [-0.39, 0.29) is 6.04 Å². The summed E-state index contributed by atoms with van der Waals surface area (Å²) < 4.78 is 3.17. The second-order valence-corrected chi connectivity index (χ2v) is 6.30. The van der Waals surface area contributed by atoms with Crippen molar-refractivity contribution in [3.05, 3.63) is 51.8 Å². The molecule has 2 rings (SSSR count). The number of benzene rings is 1. The van der Waals surface area contributed by atoms with Gasteiger partial charge in [0, 0.05) is 22.8 Å². The molecular weight excluding hydrogens is 326 g/mol. The van der Waals surface area contributed by atoms with Gasteiger partial charge in [0.05, 0.1) is 12.2 Å². The van der Waals surface area contributed by atoms with Crippen LogP contribution in [0.1, 0.15) is 49.4 Å². The van der Waals surface area contributed by atoms with Crippen molar-refractivity contribution in [2.24, 2.45) is 0 Å². The lowest BCUT2D eigenvalue weighted by molar-refractivity contribution is 0.587. The van der Waals surface area contributed by atoms with Gasteiger partial charge in [-0.25, -0.2) is 0 Å². The summed E-state index contributed by atoms with van der Waals surface area (Å²) in [6.45, 7) is 8.45. The maximum atomic E-state index is 4.47. The van der Waals surface area contributed by atoms with E-state index in [1.165, 1.54) is 16.7 Å². The van der Waals surface area contributed by atoms with Crippen LogP contribution in [0.5, 0.6) is 0 Å². The van der Waals surface area contributed by atoms with Crippen LogP contribution in [0.4, 0.5) is 0 Å². The molecule has 0 aliphatic rings. The SMILES string of the molecule is CCCNC(c1cnn(CCC)c1)c1cc(C)ccc1Br. The van der Waals surface area contributed by atoms with E-state index in [1.54, 1.807) is 0 Å². The van der Waals surface area contributed by atoms with Gasteiger partial charge in [0.2, 0.25) is 0 Å². The lowest BCUT2D eigenvalue weighted by Gasteiger charge is -2.19. The minimum absolute atomic E-state index is 0.185. The summed E-state index contributed by atoms with van der Waals surface area (Å²) in [7, 11) is 0. The molecule has 0 radical (unpaired) electrons. The molecular formula is C17H24BrN3. The topological polar surface area (TPSA) is 29.9 Å². The second kappa shape index (κ2) is 7.76. The van der Waals surface area contributed by atoms with Crippen molar-refractivity contribution in [1.82, 2.24) is 15.1 Å². The molecule has 1 N–H and O–H groups in total. The largest absolute Gasteiger partial charge is 0.306 e. The second-order valence-electron chi connectivity index (χ2n) is 5.45. The molecule has 0 saturated heterocycles. The lowest BCUT2D eigenvalue weighted by Crippen LogP contribution is -2.23. The van der Waals surface area contributed by atoms with Crippen molar-refractivity contribution in [1.29, 1.82) is 0 Å². The van der Waals surface area contributed by atoms with Crippen LogP contribution in [0.25, 0.3) is 0 Å². The number of aromatic nitrogens is 2. The third-order valence-electron chi connectivity index (χ3n) is 3.50. The molecule has 0 saturated carbocycles.